The van der Waals surface area contributed by atoms with Crippen molar-refractivity contribution < 1.29 is 4.74 Å². The first-order valence-electron chi connectivity index (χ1n) is 5.94. The number of fused-ring (bicyclic) bond motifs is 1. The summed E-state index contributed by atoms with van der Waals surface area (Å²) in [5, 5.41) is 8.14. The van der Waals surface area contributed by atoms with Gasteiger partial charge in [0.25, 0.3) is 0 Å². The number of benzene rings is 1. The van der Waals surface area contributed by atoms with Crippen molar-refractivity contribution in [3.05, 3.63) is 39.5 Å². The monoisotopic (exact) mass is 279 g/mol. The summed E-state index contributed by atoms with van der Waals surface area (Å²) < 4.78 is 6.04. The number of hydrogen-bond acceptors (Lipinski definition) is 3. The van der Waals surface area contributed by atoms with Crippen LogP contribution in [-0.2, 0) is 6.42 Å². The molecule has 2 nitrogen and oxygen atoms in total. The van der Waals surface area contributed by atoms with Crippen LogP contribution < -0.4 is 10.1 Å². The molecule has 1 aromatic heterocycles. The molecule has 1 atom stereocenters. The first-order chi connectivity index (χ1) is 8.78. The minimum Gasteiger partial charge on any atom is -0.488 e. The van der Waals surface area contributed by atoms with Gasteiger partial charge in [0.2, 0.25) is 0 Å². The molecule has 1 aromatic carbocycles. The molecule has 2 aromatic rings. The molecule has 18 heavy (non-hydrogen) atoms. The summed E-state index contributed by atoms with van der Waals surface area (Å²) in [6.45, 7) is 0.857. The van der Waals surface area contributed by atoms with Gasteiger partial charge in [-0.2, -0.15) is 11.3 Å². The highest BCUT2D eigenvalue weighted by atomic mass is 35.5. The van der Waals surface area contributed by atoms with Crippen molar-refractivity contribution in [2.24, 2.45) is 0 Å². The summed E-state index contributed by atoms with van der Waals surface area (Å²) in [6.07, 6.45) is 1.13. The molecule has 1 N–H and O–H groups in total. The van der Waals surface area contributed by atoms with Crippen LogP contribution in [0.15, 0.2) is 29.0 Å². The van der Waals surface area contributed by atoms with Gasteiger partial charge in [0, 0.05) is 23.6 Å². The van der Waals surface area contributed by atoms with Gasteiger partial charge in [-0.3, -0.25) is 0 Å². The zero-order valence-corrected chi connectivity index (χ0v) is 11.6. The molecule has 0 saturated carbocycles. The lowest BCUT2D eigenvalue weighted by atomic mass is 10.0. The molecule has 0 saturated heterocycles. The van der Waals surface area contributed by atoms with Crippen molar-refractivity contribution >= 4 is 22.9 Å². The molecule has 0 unspecified atom stereocenters. The Bertz CT molecular complexity index is 553. The Hall–Kier alpha value is -1.03. The fourth-order valence-corrected chi connectivity index (χ4v) is 3.26. The van der Waals surface area contributed by atoms with Gasteiger partial charge in [-0.15, -0.1) is 0 Å². The minimum absolute atomic E-state index is 0.209. The predicted molar refractivity (Wildman–Crippen MR) is 76.8 cm³/mol. The van der Waals surface area contributed by atoms with Crippen molar-refractivity contribution in [1.82, 2.24) is 5.32 Å². The van der Waals surface area contributed by atoms with Crippen LogP contribution in [-0.4, -0.2) is 19.7 Å². The highest BCUT2D eigenvalue weighted by molar-refractivity contribution is 7.08. The Balaban J connectivity index is 2.03. The molecular weight excluding hydrogens is 266 g/mol. The smallest absolute Gasteiger partial charge is 0.131 e. The number of hydrogen-bond donors (Lipinski definition) is 1. The normalized spacial score (nSPS) is 17.6. The first-order valence-corrected chi connectivity index (χ1v) is 7.26. The van der Waals surface area contributed by atoms with Crippen molar-refractivity contribution in [2.75, 3.05) is 13.6 Å². The largest absolute Gasteiger partial charge is 0.488 e. The maximum absolute atomic E-state index is 6.20. The average molecular weight is 280 g/mol. The number of rotatable bonds is 3. The van der Waals surface area contributed by atoms with E-state index in [1.54, 1.807) is 11.3 Å². The third kappa shape index (κ3) is 2.14. The maximum Gasteiger partial charge on any atom is 0.131 e. The molecule has 0 spiro atoms. The lowest BCUT2D eigenvalue weighted by molar-refractivity contribution is 0.232. The highest BCUT2D eigenvalue weighted by Crippen LogP contribution is 2.41. The average Bonchev–Trinajstić information content (AvgIpc) is 2.96. The van der Waals surface area contributed by atoms with Crippen LogP contribution in [0, 0.1) is 0 Å². The van der Waals surface area contributed by atoms with E-state index in [-0.39, 0.29) is 6.10 Å². The van der Waals surface area contributed by atoms with Crippen molar-refractivity contribution in [3.8, 4) is 16.9 Å². The van der Waals surface area contributed by atoms with E-state index in [2.05, 4.69) is 22.1 Å². The quantitative estimate of drug-likeness (QED) is 0.927. The van der Waals surface area contributed by atoms with Gasteiger partial charge in [0.1, 0.15) is 11.9 Å². The topological polar surface area (TPSA) is 21.3 Å². The van der Waals surface area contributed by atoms with Gasteiger partial charge in [0.15, 0.2) is 0 Å². The van der Waals surface area contributed by atoms with E-state index in [9.17, 15) is 0 Å². The van der Waals surface area contributed by atoms with Crippen molar-refractivity contribution in [3.63, 3.8) is 0 Å². The van der Waals surface area contributed by atoms with Crippen LogP contribution in [0.5, 0.6) is 5.75 Å². The number of halogens is 1. The highest BCUT2D eigenvalue weighted by Gasteiger charge is 2.26. The lowest BCUT2D eigenvalue weighted by Crippen LogP contribution is -2.27. The summed E-state index contributed by atoms with van der Waals surface area (Å²) in [5.41, 5.74) is 3.50. The van der Waals surface area contributed by atoms with Gasteiger partial charge in [0.05, 0.1) is 0 Å². The number of likely N-dealkylation sites (N-methyl/N-ethyl adjacent to an activating group) is 1. The van der Waals surface area contributed by atoms with Gasteiger partial charge in [-0.25, -0.2) is 0 Å². The van der Waals surface area contributed by atoms with Crippen LogP contribution in [0.3, 0.4) is 0 Å². The Labute approximate surface area is 116 Å². The molecule has 1 aliphatic heterocycles. The fraction of sp³-hybridized carbons (Fsp3) is 0.286. The second kappa shape index (κ2) is 4.92. The second-order valence-corrected chi connectivity index (χ2v) is 5.67. The van der Waals surface area contributed by atoms with Gasteiger partial charge in [-0.1, -0.05) is 11.6 Å². The molecule has 0 aliphatic carbocycles. The Kier molecular flexibility index (Phi) is 3.29. The summed E-state index contributed by atoms with van der Waals surface area (Å²) in [5.74, 6) is 0.998. The van der Waals surface area contributed by atoms with E-state index in [1.165, 1.54) is 11.1 Å². The number of nitrogens with one attached hydrogen (secondary N) is 1. The fourth-order valence-electron chi connectivity index (χ4n) is 2.37. The van der Waals surface area contributed by atoms with Crippen LogP contribution in [0.1, 0.15) is 5.56 Å². The second-order valence-electron chi connectivity index (χ2n) is 4.46. The standard InChI is InChI=1S/C14H14ClNOS/c1-16-7-12-5-10-4-11(15)6-13(14(10)17-12)9-2-3-18-8-9/h2-4,6,8,12,16H,5,7H2,1H3/t12-/m1/s1. The Morgan fingerprint density at radius 3 is 3.11 bits per heavy atom. The van der Waals surface area contributed by atoms with Crippen LogP contribution >= 0.6 is 22.9 Å². The maximum atomic E-state index is 6.20. The summed E-state index contributed by atoms with van der Waals surface area (Å²) >= 11 is 7.89. The van der Waals surface area contributed by atoms with E-state index < -0.39 is 0 Å². The third-order valence-corrected chi connectivity index (χ3v) is 4.03. The molecule has 0 bridgehead atoms. The summed E-state index contributed by atoms with van der Waals surface area (Å²) in [6, 6.07) is 6.11. The van der Waals surface area contributed by atoms with E-state index in [4.69, 9.17) is 16.3 Å². The minimum atomic E-state index is 0.209. The molecule has 4 heteroatoms. The molecule has 3 rings (SSSR count). The van der Waals surface area contributed by atoms with E-state index in [0.29, 0.717) is 0 Å². The summed E-state index contributed by atoms with van der Waals surface area (Å²) in [7, 11) is 1.94. The van der Waals surface area contributed by atoms with E-state index in [1.807, 2.05) is 19.2 Å². The molecule has 0 radical (unpaired) electrons. The Morgan fingerprint density at radius 2 is 2.39 bits per heavy atom. The predicted octanol–water partition coefficient (Wildman–Crippen LogP) is 3.59. The zero-order chi connectivity index (χ0) is 12.5. The molecule has 0 fully saturated rings. The molecular formula is C14H14ClNOS. The molecule has 2 heterocycles. The van der Waals surface area contributed by atoms with Crippen LogP contribution in [0.2, 0.25) is 5.02 Å². The SMILES string of the molecule is CNC[C@H]1Cc2cc(Cl)cc(-c3ccsc3)c2O1. The molecule has 94 valence electrons. The number of ether oxygens (including phenoxy) is 1. The van der Waals surface area contributed by atoms with Crippen molar-refractivity contribution in [1.29, 1.82) is 0 Å². The molecule has 0 amide bonds. The van der Waals surface area contributed by atoms with Crippen LogP contribution in [0.4, 0.5) is 0 Å². The molecule has 1 aliphatic rings. The van der Waals surface area contributed by atoms with E-state index in [0.717, 1.165) is 29.3 Å². The zero-order valence-electron chi connectivity index (χ0n) is 10.1. The third-order valence-electron chi connectivity index (χ3n) is 3.13. The van der Waals surface area contributed by atoms with E-state index >= 15 is 0 Å². The van der Waals surface area contributed by atoms with Crippen molar-refractivity contribution in [2.45, 2.75) is 12.5 Å². The number of thiophene rings is 1. The van der Waals surface area contributed by atoms with Gasteiger partial charge >= 0.3 is 0 Å². The lowest BCUT2D eigenvalue weighted by Gasteiger charge is -2.11. The van der Waals surface area contributed by atoms with Gasteiger partial charge < -0.3 is 10.1 Å². The van der Waals surface area contributed by atoms with Gasteiger partial charge in [-0.05, 0) is 47.1 Å². The Morgan fingerprint density at radius 1 is 1.50 bits per heavy atom. The summed E-state index contributed by atoms with van der Waals surface area (Å²) in [4.78, 5) is 0. The van der Waals surface area contributed by atoms with Crippen LogP contribution in [0.25, 0.3) is 11.1 Å². The first kappa shape index (κ1) is 12.0.